The first-order valence-corrected chi connectivity index (χ1v) is 3.54. The number of esters is 1. The van der Waals surface area contributed by atoms with Crippen LogP contribution in [-0.2, 0) is 9.53 Å². The molecule has 0 aromatic heterocycles. The van der Waals surface area contributed by atoms with E-state index in [-0.39, 0.29) is 5.03 Å². The Kier molecular flexibility index (Phi) is 5.03. The van der Waals surface area contributed by atoms with Crippen molar-refractivity contribution in [2.45, 2.75) is 19.8 Å². The first kappa shape index (κ1) is 9.50. The number of unbranched alkanes of at least 4 members (excludes halogenated alkanes) is 1. The Morgan fingerprint density at radius 2 is 2.30 bits per heavy atom. The van der Waals surface area contributed by atoms with Gasteiger partial charge in [-0.15, -0.1) is 0 Å². The molecule has 0 amide bonds. The summed E-state index contributed by atoms with van der Waals surface area (Å²) < 4.78 is 4.37. The van der Waals surface area contributed by atoms with E-state index in [0.717, 1.165) is 12.8 Å². The number of hydrogen-bond acceptors (Lipinski definition) is 2. The highest BCUT2D eigenvalue weighted by molar-refractivity contribution is 6.41. The van der Waals surface area contributed by atoms with Crippen LogP contribution in [0.15, 0.2) is 11.1 Å². The maximum atomic E-state index is 10.6. The molecule has 0 aromatic rings. The second-order valence-corrected chi connectivity index (χ2v) is 2.24. The minimum Gasteiger partial charge on any atom is -0.465 e. The van der Waals surface area contributed by atoms with Crippen LogP contribution in [0.25, 0.3) is 0 Å². The smallest absolute Gasteiger partial charge is 0.349 e. The van der Waals surface area contributed by atoms with Gasteiger partial charge in [-0.1, -0.05) is 31.0 Å². The minimum absolute atomic E-state index is 0.171. The summed E-state index contributed by atoms with van der Waals surface area (Å²) in [6.45, 7) is 2.01. The molecule has 0 saturated carbocycles. The fourth-order valence-corrected chi connectivity index (χ4v) is 0.638. The van der Waals surface area contributed by atoms with Gasteiger partial charge >= 0.3 is 5.97 Å². The van der Waals surface area contributed by atoms with E-state index in [1.54, 1.807) is 6.08 Å². The number of methoxy groups -OCH3 is 1. The lowest BCUT2D eigenvalue weighted by molar-refractivity contribution is -0.135. The first-order chi connectivity index (χ1) is 4.72. The monoisotopic (exact) mass is 162 g/mol. The summed E-state index contributed by atoms with van der Waals surface area (Å²) in [7, 11) is 1.31. The third-order valence-electron chi connectivity index (χ3n) is 0.993. The van der Waals surface area contributed by atoms with Crippen molar-refractivity contribution in [2.75, 3.05) is 7.11 Å². The highest BCUT2D eigenvalue weighted by Crippen LogP contribution is 2.05. The van der Waals surface area contributed by atoms with Gasteiger partial charge in [0.1, 0.15) is 5.03 Å². The summed E-state index contributed by atoms with van der Waals surface area (Å²) in [6.07, 6.45) is 3.45. The topological polar surface area (TPSA) is 26.3 Å². The number of carbonyl (C=O) groups excluding carboxylic acids is 1. The Labute approximate surface area is 65.8 Å². The number of rotatable bonds is 3. The molecule has 0 aromatic carbocycles. The molecule has 0 saturated heterocycles. The largest absolute Gasteiger partial charge is 0.465 e. The van der Waals surface area contributed by atoms with Crippen molar-refractivity contribution in [2.24, 2.45) is 0 Å². The first-order valence-electron chi connectivity index (χ1n) is 3.16. The number of hydrogen-bond donors (Lipinski definition) is 0. The SMILES string of the molecule is CCCC=C(Cl)C(=O)OC. The van der Waals surface area contributed by atoms with Gasteiger partial charge in [-0.2, -0.15) is 0 Å². The maximum Gasteiger partial charge on any atom is 0.349 e. The predicted molar refractivity (Wildman–Crippen MR) is 40.9 cm³/mol. The molecule has 0 atom stereocenters. The highest BCUT2D eigenvalue weighted by Gasteiger charge is 2.02. The van der Waals surface area contributed by atoms with Gasteiger partial charge in [0, 0.05) is 0 Å². The van der Waals surface area contributed by atoms with Gasteiger partial charge in [0.05, 0.1) is 7.11 Å². The van der Waals surface area contributed by atoms with E-state index in [1.165, 1.54) is 7.11 Å². The fraction of sp³-hybridized carbons (Fsp3) is 0.571. The van der Waals surface area contributed by atoms with Crippen LogP contribution in [0.2, 0.25) is 0 Å². The average Bonchev–Trinajstić information content (AvgIpc) is 1.98. The Hall–Kier alpha value is -0.500. The molecule has 0 aliphatic rings. The Balaban J connectivity index is 3.80. The van der Waals surface area contributed by atoms with E-state index < -0.39 is 5.97 Å². The molecule has 0 bridgehead atoms. The van der Waals surface area contributed by atoms with Crippen molar-refractivity contribution < 1.29 is 9.53 Å². The molecule has 2 nitrogen and oxygen atoms in total. The van der Waals surface area contributed by atoms with E-state index in [2.05, 4.69) is 4.74 Å². The highest BCUT2D eigenvalue weighted by atomic mass is 35.5. The van der Waals surface area contributed by atoms with Crippen LogP contribution in [0.5, 0.6) is 0 Å². The van der Waals surface area contributed by atoms with Gasteiger partial charge in [0.25, 0.3) is 0 Å². The second kappa shape index (κ2) is 5.30. The lowest BCUT2D eigenvalue weighted by Gasteiger charge is -1.94. The van der Waals surface area contributed by atoms with E-state index >= 15 is 0 Å². The Bertz CT molecular complexity index is 141. The van der Waals surface area contributed by atoms with Crippen LogP contribution in [0.1, 0.15) is 19.8 Å². The predicted octanol–water partition coefficient (Wildman–Crippen LogP) is 2.08. The van der Waals surface area contributed by atoms with Crippen molar-refractivity contribution in [3.63, 3.8) is 0 Å². The average molecular weight is 163 g/mol. The van der Waals surface area contributed by atoms with Crippen LogP contribution in [0, 0.1) is 0 Å². The van der Waals surface area contributed by atoms with Gasteiger partial charge in [-0.05, 0) is 6.42 Å². The van der Waals surface area contributed by atoms with Gasteiger partial charge in [-0.25, -0.2) is 4.79 Å². The molecular weight excluding hydrogens is 152 g/mol. The standard InChI is InChI=1S/C7H11ClO2/c1-3-4-5-6(8)7(9)10-2/h5H,3-4H2,1-2H3. The number of allylic oxidation sites excluding steroid dienone is 1. The molecule has 3 heteroatoms. The lowest BCUT2D eigenvalue weighted by Crippen LogP contribution is -1.99. The zero-order valence-corrected chi connectivity index (χ0v) is 6.94. The second-order valence-electron chi connectivity index (χ2n) is 1.83. The van der Waals surface area contributed by atoms with Crippen molar-refractivity contribution >= 4 is 17.6 Å². The van der Waals surface area contributed by atoms with Crippen LogP contribution in [0.3, 0.4) is 0 Å². The summed E-state index contributed by atoms with van der Waals surface area (Å²) in [5.41, 5.74) is 0. The summed E-state index contributed by atoms with van der Waals surface area (Å²) in [6, 6.07) is 0. The maximum absolute atomic E-state index is 10.6. The van der Waals surface area contributed by atoms with E-state index in [1.807, 2.05) is 6.92 Å². The van der Waals surface area contributed by atoms with E-state index in [9.17, 15) is 4.79 Å². The molecule has 0 heterocycles. The molecule has 10 heavy (non-hydrogen) atoms. The molecule has 0 aliphatic carbocycles. The van der Waals surface area contributed by atoms with Gasteiger partial charge in [0.2, 0.25) is 0 Å². The van der Waals surface area contributed by atoms with Crippen molar-refractivity contribution in [1.82, 2.24) is 0 Å². The summed E-state index contributed by atoms with van der Waals surface area (Å²) in [5, 5.41) is 0.171. The molecule has 0 rings (SSSR count). The summed E-state index contributed by atoms with van der Waals surface area (Å²) >= 11 is 5.50. The third kappa shape index (κ3) is 3.51. The minimum atomic E-state index is -0.463. The van der Waals surface area contributed by atoms with Gasteiger partial charge in [-0.3, -0.25) is 0 Å². The van der Waals surface area contributed by atoms with Crippen LogP contribution < -0.4 is 0 Å². The Morgan fingerprint density at radius 1 is 1.70 bits per heavy atom. The number of ether oxygens (including phenoxy) is 1. The van der Waals surface area contributed by atoms with E-state index in [4.69, 9.17) is 11.6 Å². The summed E-state index contributed by atoms with van der Waals surface area (Å²) in [5.74, 6) is -0.463. The molecule has 0 spiro atoms. The molecule has 0 fully saturated rings. The molecule has 0 N–H and O–H groups in total. The molecule has 0 unspecified atom stereocenters. The fourth-order valence-electron chi connectivity index (χ4n) is 0.452. The Morgan fingerprint density at radius 3 is 2.70 bits per heavy atom. The van der Waals surface area contributed by atoms with Crippen molar-refractivity contribution in [3.05, 3.63) is 11.1 Å². The number of carbonyl (C=O) groups is 1. The van der Waals surface area contributed by atoms with Crippen molar-refractivity contribution in [3.8, 4) is 0 Å². The van der Waals surface area contributed by atoms with Gasteiger partial charge < -0.3 is 4.74 Å². The zero-order valence-electron chi connectivity index (χ0n) is 6.19. The third-order valence-corrected chi connectivity index (χ3v) is 1.30. The van der Waals surface area contributed by atoms with E-state index in [0.29, 0.717) is 0 Å². The van der Waals surface area contributed by atoms with Crippen LogP contribution in [-0.4, -0.2) is 13.1 Å². The summed E-state index contributed by atoms with van der Waals surface area (Å²) in [4.78, 5) is 10.6. The molecule has 58 valence electrons. The quantitative estimate of drug-likeness (QED) is 0.469. The van der Waals surface area contributed by atoms with Crippen LogP contribution >= 0.6 is 11.6 Å². The zero-order chi connectivity index (χ0) is 7.98. The normalized spacial score (nSPS) is 11.3. The van der Waals surface area contributed by atoms with Crippen LogP contribution in [0.4, 0.5) is 0 Å². The molecule has 0 aliphatic heterocycles. The molecule has 0 radical (unpaired) electrons. The molecular formula is C7H11ClO2. The van der Waals surface area contributed by atoms with Gasteiger partial charge in [0.15, 0.2) is 0 Å². The number of halogens is 1. The lowest BCUT2D eigenvalue weighted by atomic mass is 10.3. The van der Waals surface area contributed by atoms with Crippen molar-refractivity contribution in [1.29, 1.82) is 0 Å².